The highest BCUT2D eigenvalue weighted by Crippen LogP contribution is 2.24. The number of fused-ring (bicyclic) bond motifs is 3. The summed E-state index contributed by atoms with van der Waals surface area (Å²) in [6.45, 7) is 0. The number of benzene rings is 1. The van der Waals surface area contributed by atoms with Crippen LogP contribution in [0, 0.1) is 11.3 Å². The molecule has 0 amide bonds. The summed E-state index contributed by atoms with van der Waals surface area (Å²) in [4.78, 5) is 11.5. The summed E-state index contributed by atoms with van der Waals surface area (Å²) < 4.78 is 7.26. The predicted octanol–water partition coefficient (Wildman–Crippen LogP) is 1.19. The lowest BCUT2D eigenvalue weighted by atomic mass is 10.1. The van der Waals surface area contributed by atoms with Gasteiger partial charge in [0.15, 0.2) is 0 Å². The van der Waals surface area contributed by atoms with Gasteiger partial charge in [-0.15, -0.1) is 10.2 Å². The maximum Gasteiger partial charge on any atom is 0.320 e. The zero-order valence-corrected chi connectivity index (χ0v) is 10.7. The molecule has 0 aliphatic carbocycles. The molecule has 1 atom stereocenters. The molecule has 6 nitrogen and oxygen atoms in total. The molecule has 1 aliphatic rings. The van der Waals surface area contributed by atoms with Crippen molar-refractivity contribution < 1.29 is 9.53 Å². The predicted molar refractivity (Wildman–Crippen MR) is 68.9 cm³/mol. The number of para-hydroxylation sites is 1. The maximum atomic E-state index is 11.5. The number of hydrogen-bond donors (Lipinski definition) is 0. The van der Waals surface area contributed by atoms with E-state index in [1.165, 1.54) is 0 Å². The fourth-order valence-corrected chi connectivity index (χ4v) is 2.41. The molecule has 1 aromatic heterocycles. The van der Waals surface area contributed by atoms with E-state index in [0.717, 1.165) is 17.1 Å². The fraction of sp³-hybridized carbons (Fsp3) is 0.286. The first-order valence-corrected chi connectivity index (χ1v) is 6.31. The van der Waals surface area contributed by atoms with Crippen LogP contribution in [0.25, 0.3) is 5.69 Å². The molecule has 6 heteroatoms. The van der Waals surface area contributed by atoms with Gasteiger partial charge >= 0.3 is 5.97 Å². The highest BCUT2D eigenvalue weighted by atomic mass is 16.5. The van der Waals surface area contributed by atoms with Crippen molar-refractivity contribution in [3.63, 3.8) is 0 Å². The number of nitriles is 1. The Morgan fingerprint density at radius 2 is 2.30 bits per heavy atom. The van der Waals surface area contributed by atoms with Crippen LogP contribution in [0.1, 0.15) is 17.8 Å². The number of esters is 1. The lowest BCUT2D eigenvalue weighted by Crippen LogP contribution is -2.22. The van der Waals surface area contributed by atoms with Crippen molar-refractivity contribution in [3.05, 3.63) is 42.0 Å². The van der Waals surface area contributed by atoms with Crippen molar-refractivity contribution in [1.82, 2.24) is 14.8 Å². The summed E-state index contributed by atoms with van der Waals surface area (Å²) >= 11 is 0. The number of nitrogens with zero attached hydrogens (tertiary/aromatic N) is 4. The standard InChI is InChI=1S/C14H12N4O2/c15-6-5-14(19)20-11-7-10-3-1-2-4-12(10)18-9-16-17-13(18)8-11/h1-4,9,11H,5,7-8H2. The third-order valence-electron chi connectivity index (χ3n) is 3.25. The minimum atomic E-state index is -0.497. The minimum absolute atomic E-state index is 0.231. The topological polar surface area (TPSA) is 80.8 Å². The Balaban J connectivity index is 1.93. The molecule has 2 aromatic rings. The summed E-state index contributed by atoms with van der Waals surface area (Å²) in [5.74, 6) is 0.257. The molecule has 1 aromatic carbocycles. The van der Waals surface area contributed by atoms with Gasteiger partial charge < -0.3 is 4.74 Å². The van der Waals surface area contributed by atoms with E-state index in [9.17, 15) is 4.79 Å². The van der Waals surface area contributed by atoms with Crippen molar-refractivity contribution in [2.24, 2.45) is 0 Å². The molecule has 1 unspecified atom stereocenters. The van der Waals surface area contributed by atoms with Crippen LogP contribution in [0.5, 0.6) is 0 Å². The van der Waals surface area contributed by atoms with Gasteiger partial charge in [0.05, 0.1) is 11.8 Å². The first-order valence-electron chi connectivity index (χ1n) is 6.31. The van der Waals surface area contributed by atoms with Gasteiger partial charge in [-0.25, -0.2) is 0 Å². The lowest BCUT2D eigenvalue weighted by Gasteiger charge is -2.14. The molecular formula is C14H12N4O2. The monoisotopic (exact) mass is 268 g/mol. The molecule has 20 heavy (non-hydrogen) atoms. The number of rotatable bonds is 2. The molecule has 0 radical (unpaired) electrons. The quantitative estimate of drug-likeness (QED) is 0.764. The van der Waals surface area contributed by atoms with Crippen LogP contribution < -0.4 is 0 Å². The van der Waals surface area contributed by atoms with E-state index in [2.05, 4.69) is 10.2 Å². The number of ether oxygens (including phenoxy) is 1. The van der Waals surface area contributed by atoms with Gasteiger partial charge in [0.1, 0.15) is 24.7 Å². The molecule has 0 fully saturated rings. The second-order valence-corrected chi connectivity index (χ2v) is 4.60. The zero-order valence-electron chi connectivity index (χ0n) is 10.7. The van der Waals surface area contributed by atoms with Gasteiger partial charge in [0, 0.05) is 12.8 Å². The van der Waals surface area contributed by atoms with Crippen molar-refractivity contribution >= 4 is 5.97 Å². The normalized spacial score (nSPS) is 16.4. The van der Waals surface area contributed by atoms with Gasteiger partial charge in [0.2, 0.25) is 0 Å². The van der Waals surface area contributed by atoms with Crippen LogP contribution in [-0.2, 0) is 22.4 Å². The van der Waals surface area contributed by atoms with Crippen LogP contribution in [-0.4, -0.2) is 26.8 Å². The lowest BCUT2D eigenvalue weighted by molar-refractivity contribution is -0.147. The van der Waals surface area contributed by atoms with Crippen molar-refractivity contribution in [3.8, 4) is 11.8 Å². The van der Waals surface area contributed by atoms with Crippen LogP contribution in [0.2, 0.25) is 0 Å². The Morgan fingerprint density at radius 3 is 3.15 bits per heavy atom. The fourth-order valence-electron chi connectivity index (χ4n) is 2.41. The minimum Gasteiger partial charge on any atom is -0.461 e. The average molecular weight is 268 g/mol. The SMILES string of the molecule is N#CCC(=O)OC1Cc2ccccc2-n2cnnc2C1. The van der Waals surface area contributed by atoms with Gasteiger partial charge in [-0.1, -0.05) is 18.2 Å². The molecule has 2 heterocycles. The number of hydrogen-bond acceptors (Lipinski definition) is 5. The third kappa shape index (κ3) is 2.26. The zero-order chi connectivity index (χ0) is 13.9. The summed E-state index contributed by atoms with van der Waals surface area (Å²) in [6, 6.07) is 9.68. The smallest absolute Gasteiger partial charge is 0.320 e. The number of carbonyl (C=O) groups excluding carboxylic acids is 1. The van der Waals surface area contributed by atoms with Crippen LogP contribution in [0.3, 0.4) is 0 Å². The average Bonchev–Trinajstić information content (AvgIpc) is 2.82. The summed E-state index contributed by atoms with van der Waals surface area (Å²) in [5, 5.41) is 16.5. The van der Waals surface area contributed by atoms with E-state index >= 15 is 0 Å². The summed E-state index contributed by atoms with van der Waals surface area (Å²) in [7, 11) is 0. The number of aromatic nitrogens is 3. The largest absolute Gasteiger partial charge is 0.461 e. The highest BCUT2D eigenvalue weighted by Gasteiger charge is 2.24. The molecule has 1 aliphatic heterocycles. The first kappa shape index (κ1) is 12.4. The summed E-state index contributed by atoms with van der Waals surface area (Å²) in [6.07, 6.45) is 2.21. The molecule has 0 bridgehead atoms. The Labute approximate surface area is 115 Å². The first-order chi connectivity index (χ1) is 9.78. The molecule has 0 saturated carbocycles. The summed E-state index contributed by atoms with van der Waals surface area (Å²) in [5.41, 5.74) is 2.08. The van der Waals surface area contributed by atoms with Crippen molar-refractivity contribution in [2.45, 2.75) is 25.4 Å². The van der Waals surface area contributed by atoms with Gasteiger partial charge in [-0.2, -0.15) is 5.26 Å². The van der Waals surface area contributed by atoms with E-state index < -0.39 is 5.97 Å². The Kier molecular flexibility index (Phi) is 3.17. The Morgan fingerprint density at radius 1 is 1.45 bits per heavy atom. The van der Waals surface area contributed by atoms with Crippen molar-refractivity contribution in [1.29, 1.82) is 5.26 Å². The van der Waals surface area contributed by atoms with E-state index in [1.54, 1.807) is 12.4 Å². The second-order valence-electron chi connectivity index (χ2n) is 4.60. The Hall–Kier alpha value is -2.68. The van der Waals surface area contributed by atoms with E-state index in [4.69, 9.17) is 10.00 Å². The number of carbonyl (C=O) groups is 1. The molecule has 0 N–H and O–H groups in total. The van der Waals surface area contributed by atoms with Gasteiger partial charge in [-0.3, -0.25) is 9.36 Å². The van der Waals surface area contributed by atoms with E-state index in [1.807, 2.05) is 28.8 Å². The Bertz CT molecular complexity index is 686. The molecule has 3 rings (SSSR count). The molecule has 100 valence electrons. The third-order valence-corrected chi connectivity index (χ3v) is 3.25. The molecular weight excluding hydrogens is 256 g/mol. The highest BCUT2D eigenvalue weighted by molar-refractivity contribution is 5.72. The van der Waals surface area contributed by atoms with Gasteiger partial charge in [0.25, 0.3) is 0 Å². The van der Waals surface area contributed by atoms with Crippen LogP contribution >= 0.6 is 0 Å². The second kappa shape index (κ2) is 5.13. The van der Waals surface area contributed by atoms with E-state index in [0.29, 0.717) is 12.8 Å². The maximum absolute atomic E-state index is 11.5. The molecule has 0 saturated heterocycles. The van der Waals surface area contributed by atoms with Crippen LogP contribution in [0.15, 0.2) is 30.6 Å². The van der Waals surface area contributed by atoms with Gasteiger partial charge in [-0.05, 0) is 11.6 Å². The van der Waals surface area contributed by atoms with Crippen LogP contribution in [0.4, 0.5) is 0 Å². The van der Waals surface area contributed by atoms with Crippen molar-refractivity contribution in [2.75, 3.05) is 0 Å². The van der Waals surface area contributed by atoms with E-state index in [-0.39, 0.29) is 12.5 Å². The molecule has 0 spiro atoms.